The van der Waals surface area contributed by atoms with Crippen molar-refractivity contribution in [1.29, 1.82) is 0 Å². The van der Waals surface area contributed by atoms with Gasteiger partial charge in [-0.2, -0.15) is 0 Å². The zero-order chi connectivity index (χ0) is 14.7. The van der Waals surface area contributed by atoms with E-state index < -0.39 is 0 Å². The summed E-state index contributed by atoms with van der Waals surface area (Å²) in [5.41, 5.74) is 1.06. The molecule has 3 rings (SSSR count). The van der Waals surface area contributed by atoms with Gasteiger partial charge in [-0.25, -0.2) is 0 Å². The molecule has 1 saturated carbocycles. The fourth-order valence-electron chi connectivity index (χ4n) is 2.96. The van der Waals surface area contributed by atoms with Gasteiger partial charge in [-0.05, 0) is 37.1 Å². The molecule has 1 aromatic heterocycles. The standard InChI is InChI=1S/C16H22N4O/c1-20-15(18-19-16(20)12-5-3-4-6-12)11-17-13-7-9-14(21-2)10-8-13/h7-10,12,17H,3-6,11H2,1-2H3. The Morgan fingerprint density at radius 2 is 1.90 bits per heavy atom. The van der Waals surface area contributed by atoms with Gasteiger partial charge in [0.25, 0.3) is 0 Å². The van der Waals surface area contributed by atoms with Crippen molar-refractivity contribution in [3.8, 4) is 5.75 Å². The van der Waals surface area contributed by atoms with E-state index >= 15 is 0 Å². The van der Waals surface area contributed by atoms with Crippen LogP contribution in [0.5, 0.6) is 5.75 Å². The Bertz CT molecular complexity index is 585. The molecule has 21 heavy (non-hydrogen) atoms. The lowest BCUT2D eigenvalue weighted by Crippen LogP contribution is -2.09. The Labute approximate surface area is 125 Å². The number of hydrogen-bond acceptors (Lipinski definition) is 4. The molecule has 1 heterocycles. The topological polar surface area (TPSA) is 52.0 Å². The number of ether oxygens (including phenoxy) is 1. The zero-order valence-corrected chi connectivity index (χ0v) is 12.7. The maximum Gasteiger partial charge on any atom is 0.152 e. The number of rotatable bonds is 5. The van der Waals surface area contributed by atoms with E-state index in [2.05, 4.69) is 27.1 Å². The molecule has 1 aromatic carbocycles. The van der Waals surface area contributed by atoms with Crippen molar-refractivity contribution in [2.45, 2.75) is 38.1 Å². The summed E-state index contributed by atoms with van der Waals surface area (Å²) in [5.74, 6) is 3.58. The molecular formula is C16H22N4O. The molecule has 0 unspecified atom stereocenters. The minimum absolute atomic E-state index is 0.595. The van der Waals surface area contributed by atoms with Crippen LogP contribution in [-0.2, 0) is 13.6 Å². The first-order valence-corrected chi connectivity index (χ1v) is 7.54. The number of anilines is 1. The Hall–Kier alpha value is -2.04. The zero-order valence-electron chi connectivity index (χ0n) is 12.7. The second-order valence-corrected chi connectivity index (χ2v) is 5.60. The predicted octanol–water partition coefficient (Wildman–Crippen LogP) is 3.09. The van der Waals surface area contributed by atoms with Gasteiger partial charge in [-0.1, -0.05) is 12.8 Å². The summed E-state index contributed by atoms with van der Waals surface area (Å²) in [6.45, 7) is 0.683. The van der Waals surface area contributed by atoms with Crippen LogP contribution in [0.2, 0.25) is 0 Å². The van der Waals surface area contributed by atoms with Crippen LogP contribution in [0.4, 0.5) is 5.69 Å². The lowest BCUT2D eigenvalue weighted by atomic mass is 10.1. The van der Waals surface area contributed by atoms with E-state index in [1.165, 1.54) is 25.7 Å². The first kappa shape index (κ1) is 13.9. The van der Waals surface area contributed by atoms with E-state index in [9.17, 15) is 0 Å². The number of benzene rings is 1. The number of nitrogens with one attached hydrogen (secondary N) is 1. The molecule has 1 aliphatic carbocycles. The predicted molar refractivity (Wildman–Crippen MR) is 82.5 cm³/mol. The molecule has 0 aliphatic heterocycles. The normalized spacial score (nSPS) is 15.3. The monoisotopic (exact) mass is 286 g/mol. The number of aromatic nitrogens is 3. The second kappa shape index (κ2) is 6.16. The number of methoxy groups -OCH3 is 1. The van der Waals surface area contributed by atoms with Crippen LogP contribution in [0.25, 0.3) is 0 Å². The molecule has 0 spiro atoms. The quantitative estimate of drug-likeness (QED) is 0.917. The number of hydrogen-bond donors (Lipinski definition) is 1. The maximum atomic E-state index is 5.16. The van der Waals surface area contributed by atoms with Crippen molar-refractivity contribution >= 4 is 5.69 Å². The fraction of sp³-hybridized carbons (Fsp3) is 0.500. The summed E-state index contributed by atoms with van der Waals surface area (Å²) in [5, 5.41) is 12.1. The first-order chi connectivity index (χ1) is 10.3. The molecule has 0 saturated heterocycles. The van der Waals surface area contributed by atoms with Crippen LogP contribution in [0.1, 0.15) is 43.3 Å². The SMILES string of the molecule is COc1ccc(NCc2nnc(C3CCCC3)n2C)cc1. The van der Waals surface area contributed by atoms with E-state index in [0.29, 0.717) is 12.5 Å². The number of nitrogens with zero attached hydrogens (tertiary/aromatic N) is 3. The summed E-state index contributed by atoms with van der Waals surface area (Å²) in [4.78, 5) is 0. The van der Waals surface area contributed by atoms with Crippen molar-refractivity contribution in [1.82, 2.24) is 14.8 Å². The van der Waals surface area contributed by atoms with Crippen molar-refractivity contribution in [2.24, 2.45) is 7.05 Å². The molecule has 2 aromatic rings. The van der Waals surface area contributed by atoms with Crippen molar-refractivity contribution in [3.05, 3.63) is 35.9 Å². The highest BCUT2D eigenvalue weighted by atomic mass is 16.5. The average molecular weight is 286 g/mol. The minimum Gasteiger partial charge on any atom is -0.497 e. The molecule has 1 fully saturated rings. The van der Waals surface area contributed by atoms with Crippen LogP contribution in [0.3, 0.4) is 0 Å². The molecule has 112 valence electrons. The largest absolute Gasteiger partial charge is 0.497 e. The van der Waals surface area contributed by atoms with Gasteiger partial charge in [-0.15, -0.1) is 10.2 Å². The van der Waals surface area contributed by atoms with E-state index in [4.69, 9.17) is 4.74 Å². The highest BCUT2D eigenvalue weighted by molar-refractivity contribution is 5.46. The molecule has 5 heteroatoms. The summed E-state index contributed by atoms with van der Waals surface area (Å²) in [6.07, 6.45) is 5.13. The van der Waals surface area contributed by atoms with Gasteiger partial charge in [0, 0.05) is 18.7 Å². The van der Waals surface area contributed by atoms with Gasteiger partial charge in [0.15, 0.2) is 5.82 Å². The third-order valence-electron chi connectivity index (χ3n) is 4.26. The highest BCUT2D eigenvalue weighted by Gasteiger charge is 2.22. The molecule has 0 atom stereocenters. The summed E-state index contributed by atoms with van der Waals surface area (Å²) >= 11 is 0. The molecule has 1 aliphatic rings. The van der Waals surface area contributed by atoms with Gasteiger partial charge in [0.05, 0.1) is 13.7 Å². The van der Waals surface area contributed by atoms with E-state index in [0.717, 1.165) is 23.1 Å². The molecule has 0 bridgehead atoms. The third-order valence-corrected chi connectivity index (χ3v) is 4.26. The smallest absolute Gasteiger partial charge is 0.152 e. The Balaban J connectivity index is 1.64. The minimum atomic E-state index is 0.595. The maximum absolute atomic E-state index is 5.16. The van der Waals surface area contributed by atoms with Crippen LogP contribution >= 0.6 is 0 Å². The molecule has 5 nitrogen and oxygen atoms in total. The van der Waals surface area contributed by atoms with E-state index in [1.807, 2.05) is 24.3 Å². The molecule has 1 N–H and O–H groups in total. The summed E-state index contributed by atoms with van der Waals surface area (Å²) in [6, 6.07) is 7.91. The average Bonchev–Trinajstić information content (AvgIpc) is 3.15. The van der Waals surface area contributed by atoms with Crippen molar-refractivity contribution < 1.29 is 4.74 Å². The first-order valence-electron chi connectivity index (χ1n) is 7.54. The Morgan fingerprint density at radius 3 is 2.57 bits per heavy atom. The van der Waals surface area contributed by atoms with Gasteiger partial charge in [-0.3, -0.25) is 0 Å². The van der Waals surface area contributed by atoms with Crippen LogP contribution in [0, 0.1) is 0 Å². The lowest BCUT2D eigenvalue weighted by molar-refractivity contribution is 0.415. The van der Waals surface area contributed by atoms with Crippen molar-refractivity contribution in [3.63, 3.8) is 0 Å². The van der Waals surface area contributed by atoms with Crippen molar-refractivity contribution in [2.75, 3.05) is 12.4 Å². The molecule has 0 radical (unpaired) electrons. The third kappa shape index (κ3) is 3.01. The Kier molecular flexibility index (Phi) is 4.08. The van der Waals surface area contributed by atoms with Gasteiger partial charge in [0.2, 0.25) is 0 Å². The highest BCUT2D eigenvalue weighted by Crippen LogP contribution is 2.32. The van der Waals surface area contributed by atoms with E-state index in [1.54, 1.807) is 7.11 Å². The fourth-order valence-corrected chi connectivity index (χ4v) is 2.96. The summed E-state index contributed by atoms with van der Waals surface area (Å²) < 4.78 is 7.30. The molecule has 0 amide bonds. The molecular weight excluding hydrogens is 264 g/mol. The van der Waals surface area contributed by atoms with Crippen LogP contribution in [0.15, 0.2) is 24.3 Å². The van der Waals surface area contributed by atoms with Crippen LogP contribution < -0.4 is 10.1 Å². The second-order valence-electron chi connectivity index (χ2n) is 5.60. The lowest BCUT2D eigenvalue weighted by Gasteiger charge is -2.10. The van der Waals surface area contributed by atoms with Gasteiger partial charge in [0.1, 0.15) is 11.6 Å². The van der Waals surface area contributed by atoms with E-state index in [-0.39, 0.29) is 0 Å². The van der Waals surface area contributed by atoms with Crippen LogP contribution in [-0.4, -0.2) is 21.9 Å². The Morgan fingerprint density at radius 1 is 1.19 bits per heavy atom. The summed E-state index contributed by atoms with van der Waals surface area (Å²) in [7, 11) is 3.74. The van der Waals surface area contributed by atoms with Gasteiger partial charge >= 0.3 is 0 Å². The van der Waals surface area contributed by atoms with Gasteiger partial charge < -0.3 is 14.6 Å².